The Bertz CT molecular complexity index is 2230. The van der Waals surface area contributed by atoms with Crippen LogP contribution in [0.15, 0.2) is 64.1 Å². The molecule has 6 rings (SSSR count). The summed E-state index contributed by atoms with van der Waals surface area (Å²) in [6.07, 6.45) is 9.16. The summed E-state index contributed by atoms with van der Waals surface area (Å²) in [6.45, 7) is 9.60. The molecule has 20 heteroatoms. The standard InChI is InChI=1S/C35H39N9O11/c1-17(2)25(32-42-23(15-54-32)30-41-22(14-52-30)31-43-24(16-53-31)33(46)48-6)44-26(45)19-11-50-28(38-19)21-13-51-29(40-21)20-12-49-27(39-20)18(36)9-7-8-10-37-34(47)55-35(3,4)5/h11-18,25H,7-10,36H2,1-6H3,(H,37,47)(H,44,45). The molecular weight excluding hydrogens is 722 g/mol. The molecule has 0 saturated carbocycles. The molecule has 0 radical (unpaired) electrons. The molecular formula is C35H39N9O11. The van der Waals surface area contributed by atoms with E-state index >= 15 is 0 Å². The molecule has 0 aliphatic carbocycles. The number of hydrogen-bond acceptors (Lipinski definition) is 18. The molecule has 4 N–H and O–H groups in total. The number of ether oxygens (including phenoxy) is 2. The van der Waals surface area contributed by atoms with E-state index in [1.165, 1.54) is 38.4 Å². The Balaban J connectivity index is 1.03. The second kappa shape index (κ2) is 16.2. The highest BCUT2D eigenvalue weighted by molar-refractivity contribution is 5.92. The van der Waals surface area contributed by atoms with Crippen LogP contribution in [0.5, 0.6) is 0 Å². The molecule has 0 spiro atoms. The second-order valence-electron chi connectivity index (χ2n) is 13.5. The SMILES string of the molecule is COC(=O)c1coc(-c2coc(-c3coc(C(NC(=O)c4coc(-c5coc(-c6coc(C(N)CCCCNC(=O)OC(C)(C)C)n6)n5)n4)C(C)C)n3)n2)n1. The monoisotopic (exact) mass is 761 g/mol. The van der Waals surface area contributed by atoms with Gasteiger partial charge in [-0.2, -0.15) is 0 Å². The average Bonchev–Trinajstić information content (AvgIpc) is 3.98. The lowest BCUT2D eigenvalue weighted by Crippen LogP contribution is -2.33. The molecule has 6 aromatic rings. The fraction of sp³-hybridized carbons (Fsp3) is 0.400. The minimum absolute atomic E-state index is 0.0233. The number of unbranched alkanes of at least 4 members (excludes halogenated alkanes) is 1. The van der Waals surface area contributed by atoms with E-state index in [-0.39, 0.29) is 63.8 Å². The molecule has 0 bridgehead atoms. The van der Waals surface area contributed by atoms with Gasteiger partial charge < -0.3 is 52.3 Å². The summed E-state index contributed by atoms with van der Waals surface area (Å²) in [5.41, 5.74) is 6.65. The van der Waals surface area contributed by atoms with E-state index in [1.807, 2.05) is 13.8 Å². The van der Waals surface area contributed by atoms with E-state index < -0.39 is 35.7 Å². The van der Waals surface area contributed by atoms with Crippen LogP contribution in [0.25, 0.3) is 46.3 Å². The molecule has 0 aromatic carbocycles. The average molecular weight is 762 g/mol. The smallest absolute Gasteiger partial charge is 0.407 e. The molecule has 0 fully saturated rings. The Hall–Kier alpha value is -6.57. The number of amides is 2. The quantitative estimate of drug-likeness (QED) is 0.0812. The van der Waals surface area contributed by atoms with E-state index in [9.17, 15) is 14.4 Å². The topological polar surface area (TPSA) is 276 Å². The fourth-order valence-electron chi connectivity index (χ4n) is 5.00. The van der Waals surface area contributed by atoms with Crippen LogP contribution in [0.3, 0.4) is 0 Å². The van der Waals surface area contributed by atoms with Crippen LogP contribution < -0.4 is 16.4 Å². The molecule has 0 saturated heterocycles. The van der Waals surface area contributed by atoms with Crippen LogP contribution in [0, 0.1) is 5.92 Å². The van der Waals surface area contributed by atoms with Crippen LogP contribution in [-0.2, 0) is 9.47 Å². The maximum Gasteiger partial charge on any atom is 0.407 e. The first kappa shape index (κ1) is 38.2. The predicted octanol–water partition coefficient (Wildman–Crippen LogP) is 5.89. The van der Waals surface area contributed by atoms with Crippen LogP contribution in [0.2, 0.25) is 0 Å². The predicted molar refractivity (Wildman–Crippen MR) is 186 cm³/mol. The number of nitrogens with two attached hydrogens (primary N) is 1. The van der Waals surface area contributed by atoms with Crippen molar-refractivity contribution in [2.24, 2.45) is 11.7 Å². The van der Waals surface area contributed by atoms with Gasteiger partial charge in [0.2, 0.25) is 35.3 Å². The summed E-state index contributed by atoms with van der Waals surface area (Å²) in [4.78, 5) is 62.7. The zero-order chi connectivity index (χ0) is 39.3. The lowest BCUT2D eigenvalue weighted by molar-refractivity contribution is 0.0525. The minimum Gasteiger partial charge on any atom is -0.464 e. The molecule has 6 aromatic heterocycles. The van der Waals surface area contributed by atoms with Crippen molar-refractivity contribution in [2.45, 2.75) is 71.6 Å². The van der Waals surface area contributed by atoms with E-state index in [0.29, 0.717) is 37.4 Å². The third-order valence-electron chi connectivity index (χ3n) is 7.71. The van der Waals surface area contributed by atoms with Gasteiger partial charge in [-0.15, -0.1) is 0 Å². The zero-order valence-corrected chi connectivity index (χ0v) is 30.8. The summed E-state index contributed by atoms with van der Waals surface area (Å²) in [6, 6.07) is -1.16. The van der Waals surface area contributed by atoms with Gasteiger partial charge in [0, 0.05) is 6.54 Å². The summed E-state index contributed by atoms with van der Waals surface area (Å²) in [5.74, 6) is -0.589. The third-order valence-corrected chi connectivity index (χ3v) is 7.71. The maximum atomic E-state index is 13.3. The van der Waals surface area contributed by atoms with Crippen molar-refractivity contribution in [3.8, 4) is 46.3 Å². The first-order valence-electron chi connectivity index (χ1n) is 17.1. The molecule has 2 atom stereocenters. The third kappa shape index (κ3) is 9.33. The van der Waals surface area contributed by atoms with Crippen molar-refractivity contribution < 1.29 is 50.4 Å². The molecule has 0 aliphatic heterocycles. The first-order valence-corrected chi connectivity index (χ1v) is 17.1. The Morgan fingerprint density at radius 2 is 1.22 bits per heavy atom. The molecule has 6 heterocycles. The number of hydrogen-bond donors (Lipinski definition) is 3. The highest BCUT2D eigenvalue weighted by Gasteiger charge is 2.28. The first-order chi connectivity index (χ1) is 26.3. The Morgan fingerprint density at radius 1 is 0.709 bits per heavy atom. The lowest BCUT2D eigenvalue weighted by atomic mass is 10.0. The van der Waals surface area contributed by atoms with Crippen LogP contribution in [0.4, 0.5) is 4.79 Å². The van der Waals surface area contributed by atoms with Crippen LogP contribution in [-0.4, -0.2) is 67.1 Å². The summed E-state index contributed by atoms with van der Waals surface area (Å²) in [7, 11) is 1.23. The summed E-state index contributed by atoms with van der Waals surface area (Å²) in [5, 5.41) is 5.58. The Morgan fingerprint density at radius 3 is 1.82 bits per heavy atom. The van der Waals surface area contributed by atoms with Crippen LogP contribution >= 0.6 is 0 Å². The Kier molecular flexibility index (Phi) is 11.2. The van der Waals surface area contributed by atoms with Gasteiger partial charge in [-0.05, 0) is 46.0 Å². The number of oxazole rings is 6. The van der Waals surface area contributed by atoms with Crippen molar-refractivity contribution in [3.05, 3.63) is 60.7 Å². The van der Waals surface area contributed by atoms with E-state index in [0.717, 1.165) is 6.26 Å². The molecule has 0 aliphatic rings. The van der Waals surface area contributed by atoms with Crippen molar-refractivity contribution in [1.29, 1.82) is 0 Å². The molecule has 290 valence electrons. The number of methoxy groups -OCH3 is 1. The lowest BCUT2D eigenvalue weighted by Gasteiger charge is -2.19. The summed E-state index contributed by atoms with van der Waals surface area (Å²) >= 11 is 0. The maximum absolute atomic E-state index is 13.3. The van der Waals surface area contributed by atoms with Gasteiger partial charge >= 0.3 is 12.1 Å². The minimum atomic E-state index is -0.675. The fourth-order valence-corrected chi connectivity index (χ4v) is 5.00. The van der Waals surface area contributed by atoms with Gasteiger partial charge in [0.1, 0.15) is 49.2 Å². The molecule has 2 amide bonds. The van der Waals surface area contributed by atoms with Gasteiger partial charge in [0.15, 0.2) is 34.2 Å². The summed E-state index contributed by atoms with van der Waals surface area (Å²) < 4.78 is 43.1. The molecule has 20 nitrogen and oxygen atoms in total. The van der Waals surface area contributed by atoms with Crippen molar-refractivity contribution >= 4 is 18.0 Å². The number of aromatic nitrogens is 6. The normalized spacial score (nSPS) is 12.8. The number of carbonyl (C=O) groups excluding carboxylic acids is 3. The van der Waals surface area contributed by atoms with E-state index in [1.54, 1.807) is 20.8 Å². The van der Waals surface area contributed by atoms with Gasteiger partial charge in [-0.25, -0.2) is 39.5 Å². The highest BCUT2D eigenvalue weighted by atomic mass is 16.6. The molecule has 2 unspecified atom stereocenters. The number of rotatable bonds is 15. The van der Waals surface area contributed by atoms with Gasteiger partial charge in [-0.1, -0.05) is 13.8 Å². The highest BCUT2D eigenvalue weighted by Crippen LogP contribution is 2.29. The van der Waals surface area contributed by atoms with Gasteiger partial charge in [0.05, 0.1) is 13.2 Å². The zero-order valence-electron chi connectivity index (χ0n) is 30.8. The number of carbonyl (C=O) groups is 3. The van der Waals surface area contributed by atoms with Crippen molar-refractivity contribution in [1.82, 2.24) is 40.5 Å². The van der Waals surface area contributed by atoms with Crippen molar-refractivity contribution in [3.63, 3.8) is 0 Å². The van der Waals surface area contributed by atoms with Gasteiger partial charge in [0.25, 0.3) is 5.91 Å². The van der Waals surface area contributed by atoms with Crippen LogP contribution in [0.1, 0.15) is 98.7 Å². The number of nitrogens with one attached hydrogen (secondary N) is 2. The van der Waals surface area contributed by atoms with E-state index in [2.05, 4.69) is 45.3 Å². The largest absolute Gasteiger partial charge is 0.464 e. The molecule has 55 heavy (non-hydrogen) atoms. The van der Waals surface area contributed by atoms with E-state index in [4.69, 9.17) is 37.0 Å². The number of alkyl carbamates (subject to hydrolysis) is 1. The van der Waals surface area contributed by atoms with Crippen molar-refractivity contribution in [2.75, 3.05) is 13.7 Å². The number of nitrogens with zero attached hydrogens (tertiary/aromatic N) is 6. The number of esters is 1. The van der Waals surface area contributed by atoms with Gasteiger partial charge in [-0.3, -0.25) is 4.79 Å². The second-order valence-corrected chi connectivity index (χ2v) is 13.5. The Labute approximate surface area is 312 Å².